The number of unbranched alkanes of at least 4 members (excludes halogenated alkanes) is 1. The summed E-state index contributed by atoms with van der Waals surface area (Å²) >= 11 is 1.74. The molecule has 2 aliphatic rings. The summed E-state index contributed by atoms with van der Waals surface area (Å²) in [6.07, 6.45) is 5.94. The van der Waals surface area contributed by atoms with Crippen LogP contribution < -0.4 is 0 Å². The first-order chi connectivity index (χ1) is 10.1. The Labute approximate surface area is 130 Å². The topological polar surface area (TPSA) is 63.2 Å². The highest BCUT2D eigenvalue weighted by Gasteiger charge is 2.32. The van der Waals surface area contributed by atoms with Crippen LogP contribution in [-0.2, 0) is 10.0 Å². The summed E-state index contributed by atoms with van der Waals surface area (Å²) in [6.45, 7) is 3.29. The van der Waals surface area contributed by atoms with E-state index in [1.807, 2.05) is 6.92 Å². The van der Waals surface area contributed by atoms with E-state index in [2.05, 4.69) is 10.2 Å². The van der Waals surface area contributed by atoms with Crippen LogP contribution in [0.3, 0.4) is 0 Å². The summed E-state index contributed by atoms with van der Waals surface area (Å²) in [5.41, 5.74) is 0. The molecule has 1 aliphatic carbocycles. The molecular formula is C14H23N3O2S2. The molecule has 0 radical (unpaired) electrons. The molecule has 118 valence electrons. The highest BCUT2D eigenvalue weighted by molar-refractivity contribution is 7.89. The molecule has 3 rings (SSSR count). The summed E-state index contributed by atoms with van der Waals surface area (Å²) < 4.78 is 26.0. The van der Waals surface area contributed by atoms with Crippen molar-refractivity contribution in [1.82, 2.24) is 14.5 Å². The van der Waals surface area contributed by atoms with E-state index in [1.54, 1.807) is 15.6 Å². The van der Waals surface area contributed by atoms with E-state index < -0.39 is 10.0 Å². The van der Waals surface area contributed by atoms with Gasteiger partial charge in [0.05, 0.1) is 5.75 Å². The van der Waals surface area contributed by atoms with Gasteiger partial charge in [-0.25, -0.2) is 12.7 Å². The van der Waals surface area contributed by atoms with Gasteiger partial charge < -0.3 is 0 Å². The van der Waals surface area contributed by atoms with Gasteiger partial charge in [0.15, 0.2) is 0 Å². The maximum Gasteiger partial charge on any atom is 0.214 e. The fourth-order valence-electron chi connectivity index (χ4n) is 2.74. The average Bonchev–Trinajstić information content (AvgIpc) is 3.23. The Balaban J connectivity index is 1.56. The van der Waals surface area contributed by atoms with E-state index in [0.29, 0.717) is 30.7 Å². The van der Waals surface area contributed by atoms with Crippen LogP contribution in [0.2, 0.25) is 0 Å². The van der Waals surface area contributed by atoms with Crippen LogP contribution in [-0.4, -0.2) is 41.8 Å². The average molecular weight is 329 g/mol. The predicted molar refractivity (Wildman–Crippen MR) is 84.1 cm³/mol. The third-order valence-electron chi connectivity index (χ3n) is 4.34. The lowest BCUT2D eigenvalue weighted by Crippen LogP contribution is -2.39. The van der Waals surface area contributed by atoms with E-state index >= 15 is 0 Å². The van der Waals surface area contributed by atoms with Gasteiger partial charge in [0.1, 0.15) is 10.0 Å². The lowest BCUT2D eigenvalue weighted by molar-refractivity contribution is 0.318. The van der Waals surface area contributed by atoms with Gasteiger partial charge in [-0.15, -0.1) is 21.5 Å². The first-order valence-corrected chi connectivity index (χ1v) is 10.3. The number of nitrogens with zero attached hydrogens (tertiary/aromatic N) is 3. The van der Waals surface area contributed by atoms with Crippen LogP contribution in [0, 0.1) is 0 Å². The number of hydrogen-bond acceptors (Lipinski definition) is 5. The van der Waals surface area contributed by atoms with E-state index in [1.165, 1.54) is 17.8 Å². The fraction of sp³-hybridized carbons (Fsp3) is 0.857. The van der Waals surface area contributed by atoms with Gasteiger partial charge in [-0.1, -0.05) is 13.3 Å². The number of aromatic nitrogens is 2. The van der Waals surface area contributed by atoms with Gasteiger partial charge in [-0.05, 0) is 32.1 Å². The summed E-state index contributed by atoms with van der Waals surface area (Å²) in [6, 6.07) is 0. The molecule has 0 N–H and O–H groups in total. The quantitative estimate of drug-likeness (QED) is 0.805. The Morgan fingerprint density at radius 3 is 2.19 bits per heavy atom. The van der Waals surface area contributed by atoms with Gasteiger partial charge in [0.2, 0.25) is 10.0 Å². The summed E-state index contributed by atoms with van der Waals surface area (Å²) in [4.78, 5) is 0. The van der Waals surface area contributed by atoms with E-state index in [0.717, 1.165) is 30.7 Å². The van der Waals surface area contributed by atoms with Gasteiger partial charge >= 0.3 is 0 Å². The second-order valence-corrected chi connectivity index (χ2v) is 9.22. The Kier molecular flexibility index (Phi) is 4.61. The molecule has 0 spiro atoms. The van der Waals surface area contributed by atoms with Gasteiger partial charge in [0.25, 0.3) is 0 Å². The molecule has 1 aromatic heterocycles. The molecule has 2 fully saturated rings. The number of hydrogen-bond donors (Lipinski definition) is 0. The van der Waals surface area contributed by atoms with Crippen LogP contribution in [0.25, 0.3) is 0 Å². The van der Waals surface area contributed by atoms with Gasteiger partial charge in [0, 0.05) is 24.9 Å². The Morgan fingerprint density at radius 1 is 1.10 bits per heavy atom. The van der Waals surface area contributed by atoms with Crippen molar-refractivity contribution in [3.63, 3.8) is 0 Å². The Morgan fingerprint density at radius 2 is 1.67 bits per heavy atom. The molecule has 1 saturated carbocycles. The highest BCUT2D eigenvalue weighted by atomic mass is 32.2. The van der Waals surface area contributed by atoms with Crippen molar-refractivity contribution in [2.75, 3.05) is 18.8 Å². The first kappa shape index (κ1) is 15.4. The van der Waals surface area contributed by atoms with Crippen LogP contribution in [0.15, 0.2) is 0 Å². The van der Waals surface area contributed by atoms with Gasteiger partial charge in [-0.3, -0.25) is 0 Å². The molecule has 21 heavy (non-hydrogen) atoms. The number of rotatable bonds is 6. The maximum atomic E-state index is 12.2. The SMILES string of the molecule is CCCCS(=O)(=O)N1CCC(c2nnc(C3CC3)s2)CC1. The van der Waals surface area contributed by atoms with E-state index in [-0.39, 0.29) is 0 Å². The van der Waals surface area contributed by atoms with Crippen LogP contribution >= 0.6 is 11.3 Å². The normalized spacial score (nSPS) is 21.8. The fourth-order valence-corrected chi connectivity index (χ4v) is 5.60. The predicted octanol–water partition coefficient (Wildman–Crippen LogP) is 2.72. The maximum absolute atomic E-state index is 12.2. The second kappa shape index (κ2) is 6.30. The smallest absolute Gasteiger partial charge is 0.212 e. The van der Waals surface area contributed by atoms with Crippen LogP contribution in [0.4, 0.5) is 0 Å². The van der Waals surface area contributed by atoms with E-state index in [9.17, 15) is 8.42 Å². The molecule has 5 nitrogen and oxygen atoms in total. The summed E-state index contributed by atoms with van der Waals surface area (Å²) in [7, 11) is -3.05. The number of sulfonamides is 1. The molecule has 0 atom stereocenters. The zero-order valence-electron chi connectivity index (χ0n) is 12.5. The van der Waals surface area contributed by atoms with Gasteiger partial charge in [-0.2, -0.15) is 0 Å². The van der Waals surface area contributed by atoms with E-state index in [4.69, 9.17) is 0 Å². The largest absolute Gasteiger partial charge is 0.214 e. The first-order valence-electron chi connectivity index (χ1n) is 7.91. The van der Waals surface area contributed by atoms with Crippen LogP contribution in [0.5, 0.6) is 0 Å². The molecule has 0 unspecified atom stereocenters. The lowest BCUT2D eigenvalue weighted by atomic mass is 9.99. The van der Waals surface area contributed by atoms with Crippen molar-refractivity contribution in [1.29, 1.82) is 0 Å². The van der Waals surface area contributed by atoms with Crippen molar-refractivity contribution in [3.05, 3.63) is 10.0 Å². The van der Waals surface area contributed by atoms with Crippen LogP contribution in [0.1, 0.15) is 67.3 Å². The molecule has 1 aromatic rings. The zero-order chi connectivity index (χ0) is 14.9. The number of piperidine rings is 1. The molecule has 2 heterocycles. The molecule has 0 aromatic carbocycles. The van der Waals surface area contributed by atoms with Crippen molar-refractivity contribution < 1.29 is 8.42 Å². The molecule has 7 heteroatoms. The zero-order valence-corrected chi connectivity index (χ0v) is 14.1. The summed E-state index contributed by atoms with van der Waals surface area (Å²) in [5.74, 6) is 1.34. The molecule has 0 bridgehead atoms. The van der Waals surface area contributed by atoms with Crippen molar-refractivity contribution in [3.8, 4) is 0 Å². The van der Waals surface area contributed by atoms with Crippen molar-refractivity contribution in [2.24, 2.45) is 0 Å². The minimum Gasteiger partial charge on any atom is -0.212 e. The molecule has 0 amide bonds. The molecule has 1 saturated heterocycles. The Bertz CT molecular complexity index is 573. The highest BCUT2D eigenvalue weighted by Crippen LogP contribution is 2.43. The van der Waals surface area contributed by atoms with Crippen molar-refractivity contribution in [2.45, 2.75) is 57.3 Å². The monoisotopic (exact) mass is 329 g/mol. The third-order valence-corrected chi connectivity index (χ3v) is 7.54. The minimum absolute atomic E-state index is 0.290. The van der Waals surface area contributed by atoms with Crippen molar-refractivity contribution >= 4 is 21.4 Å². The standard InChI is InChI=1S/C14H23N3O2S2/c1-2-3-10-21(18,19)17-8-6-12(7-9-17)14-16-15-13(20-14)11-4-5-11/h11-12H,2-10H2,1H3. The molecule has 1 aliphatic heterocycles. The molecular weight excluding hydrogens is 306 g/mol. The lowest BCUT2D eigenvalue weighted by Gasteiger charge is -2.30. The minimum atomic E-state index is -3.05. The summed E-state index contributed by atoms with van der Waals surface area (Å²) in [5, 5.41) is 10.9. The second-order valence-electron chi connectivity index (χ2n) is 6.10. The third kappa shape index (κ3) is 3.63. The Hall–Kier alpha value is -0.530.